The number of unbranched alkanes of at least 4 members (excludes halogenated alkanes) is 2. The zero-order valence-electron chi connectivity index (χ0n) is 12.5. The zero-order valence-corrected chi connectivity index (χ0v) is 12.5. The molecule has 0 amide bonds. The Morgan fingerprint density at radius 2 is 1.81 bits per heavy atom. The predicted octanol–water partition coefficient (Wildman–Crippen LogP) is 1.50. The summed E-state index contributed by atoms with van der Waals surface area (Å²) in [5.74, 6) is -2.47. The molecule has 1 unspecified atom stereocenters. The van der Waals surface area contributed by atoms with E-state index in [1.807, 2.05) is 6.92 Å². The van der Waals surface area contributed by atoms with Gasteiger partial charge in [-0.1, -0.05) is 25.5 Å². The third-order valence-corrected chi connectivity index (χ3v) is 3.02. The van der Waals surface area contributed by atoms with E-state index in [1.54, 1.807) is 0 Å². The van der Waals surface area contributed by atoms with E-state index >= 15 is 0 Å². The summed E-state index contributed by atoms with van der Waals surface area (Å²) in [6.07, 6.45) is 6.76. The van der Waals surface area contributed by atoms with Gasteiger partial charge in [-0.3, -0.25) is 9.59 Å². The van der Waals surface area contributed by atoms with E-state index < -0.39 is 37.2 Å². The van der Waals surface area contributed by atoms with Crippen molar-refractivity contribution < 1.29 is 29.6 Å². The number of hydrogen-bond acceptors (Lipinski definition) is 5. The first-order valence-electron chi connectivity index (χ1n) is 7.34. The number of hydrogen-bond donors (Lipinski definition) is 3. The van der Waals surface area contributed by atoms with E-state index in [1.165, 1.54) is 0 Å². The van der Waals surface area contributed by atoms with Crippen molar-refractivity contribution in [1.29, 1.82) is 0 Å². The Morgan fingerprint density at radius 3 is 2.33 bits per heavy atom. The van der Waals surface area contributed by atoms with Crippen LogP contribution in [-0.4, -0.2) is 46.6 Å². The van der Waals surface area contributed by atoms with Gasteiger partial charge in [-0.25, -0.2) is 0 Å². The van der Waals surface area contributed by atoms with E-state index in [-0.39, 0.29) is 6.42 Å². The van der Waals surface area contributed by atoms with Crippen LogP contribution in [0.1, 0.15) is 45.4 Å². The highest BCUT2D eigenvalue weighted by molar-refractivity contribution is 5.79. The van der Waals surface area contributed by atoms with E-state index in [2.05, 4.69) is 12.2 Å². The van der Waals surface area contributed by atoms with Gasteiger partial charge in [0.05, 0.1) is 25.6 Å². The summed E-state index contributed by atoms with van der Waals surface area (Å²) in [6, 6.07) is 0. The van der Waals surface area contributed by atoms with Crippen LogP contribution in [0.15, 0.2) is 12.2 Å². The maximum atomic E-state index is 11.9. The first-order valence-corrected chi connectivity index (χ1v) is 7.34. The smallest absolute Gasteiger partial charge is 0.309 e. The molecule has 0 aliphatic carbocycles. The van der Waals surface area contributed by atoms with Crippen molar-refractivity contribution in [2.45, 2.75) is 51.6 Å². The highest BCUT2D eigenvalue weighted by Crippen LogP contribution is 2.17. The molecule has 122 valence electrons. The summed E-state index contributed by atoms with van der Waals surface area (Å²) in [5.41, 5.74) is 0. The van der Waals surface area contributed by atoms with Gasteiger partial charge in [-0.15, -0.1) is 0 Å². The monoisotopic (exact) mass is 302 g/mol. The highest BCUT2D eigenvalue weighted by Gasteiger charge is 2.25. The van der Waals surface area contributed by atoms with Gasteiger partial charge in [-0.2, -0.15) is 0 Å². The van der Waals surface area contributed by atoms with Crippen LogP contribution in [0.5, 0.6) is 0 Å². The Kier molecular flexibility index (Phi) is 11.5. The van der Waals surface area contributed by atoms with Gasteiger partial charge in [-0.05, 0) is 25.7 Å². The molecule has 0 aliphatic rings. The van der Waals surface area contributed by atoms with Crippen molar-refractivity contribution >= 4 is 11.9 Å². The molecule has 0 aromatic carbocycles. The molecule has 0 fully saturated rings. The zero-order chi connectivity index (χ0) is 16.1. The van der Waals surface area contributed by atoms with Gasteiger partial charge >= 0.3 is 11.9 Å². The molecule has 3 N–H and O–H groups in total. The van der Waals surface area contributed by atoms with Crippen LogP contribution in [0.25, 0.3) is 0 Å². The van der Waals surface area contributed by atoms with E-state index in [0.29, 0.717) is 6.42 Å². The van der Waals surface area contributed by atoms with Crippen LogP contribution in [0, 0.1) is 5.92 Å². The number of allylic oxidation sites excluding steroid dienone is 2. The summed E-state index contributed by atoms with van der Waals surface area (Å²) in [7, 11) is 0. The van der Waals surface area contributed by atoms with E-state index in [9.17, 15) is 9.59 Å². The minimum absolute atomic E-state index is 0.298. The molecule has 0 rings (SSSR count). The van der Waals surface area contributed by atoms with Crippen molar-refractivity contribution in [3.8, 4) is 0 Å². The topological polar surface area (TPSA) is 104 Å². The van der Waals surface area contributed by atoms with Crippen molar-refractivity contribution in [2.75, 3.05) is 13.2 Å². The Morgan fingerprint density at radius 1 is 1.14 bits per heavy atom. The lowest BCUT2D eigenvalue weighted by atomic mass is 9.97. The number of aliphatic carboxylic acids is 1. The van der Waals surface area contributed by atoms with Gasteiger partial charge < -0.3 is 20.1 Å². The number of aliphatic hydroxyl groups excluding tert-OH is 2. The van der Waals surface area contributed by atoms with Crippen LogP contribution < -0.4 is 0 Å². The summed E-state index contributed by atoms with van der Waals surface area (Å²) >= 11 is 0. The summed E-state index contributed by atoms with van der Waals surface area (Å²) in [6.45, 7) is 1.09. The second-order valence-corrected chi connectivity index (χ2v) is 4.88. The van der Waals surface area contributed by atoms with Crippen molar-refractivity contribution in [3.63, 3.8) is 0 Å². The standard InChI is InChI=1S/C15H26O6/c1-2-3-4-5-6-7-8-12(9-14(18)19)15(20)21-13(10-16)11-17/h3-4,12-13,16-17H,2,5-11H2,1H3,(H,18,19)/b4-3+. The molecular formula is C15H26O6. The Bertz CT molecular complexity index is 322. The molecule has 0 spiro atoms. The highest BCUT2D eigenvalue weighted by atomic mass is 16.6. The van der Waals surface area contributed by atoms with E-state index in [0.717, 1.165) is 25.7 Å². The lowest BCUT2D eigenvalue weighted by molar-refractivity contribution is -0.161. The van der Waals surface area contributed by atoms with Gasteiger partial charge in [0.25, 0.3) is 0 Å². The maximum Gasteiger partial charge on any atom is 0.309 e. The lowest BCUT2D eigenvalue weighted by Gasteiger charge is -2.18. The molecule has 0 bridgehead atoms. The van der Waals surface area contributed by atoms with Gasteiger partial charge in [0.15, 0.2) is 0 Å². The minimum Gasteiger partial charge on any atom is -0.481 e. The Balaban J connectivity index is 4.27. The SMILES string of the molecule is CC/C=C/CCCCC(CC(=O)O)C(=O)OC(CO)CO. The molecule has 0 saturated carbocycles. The number of rotatable bonds is 12. The van der Waals surface area contributed by atoms with Gasteiger partial charge in [0, 0.05) is 0 Å². The van der Waals surface area contributed by atoms with Crippen LogP contribution in [0.2, 0.25) is 0 Å². The number of ether oxygens (including phenoxy) is 1. The molecule has 0 aliphatic heterocycles. The van der Waals surface area contributed by atoms with Crippen molar-refractivity contribution in [2.24, 2.45) is 5.92 Å². The van der Waals surface area contributed by atoms with Gasteiger partial charge in [0.1, 0.15) is 6.10 Å². The second kappa shape index (κ2) is 12.3. The molecule has 1 atom stereocenters. The van der Waals surface area contributed by atoms with Crippen LogP contribution in [0.4, 0.5) is 0 Å². The van der Waals surface area contributed by atoms with E-state index in [4.69, 9.17) is 20.1 Å². The van der Waals surface area contributed by atoms with Crippen molar-refractivity contribution in [3.05, 3.63) is 12.2 Å². The minimum atomic E-state index is -1.06. The molecule has 0 saturated heterocycles. The molecule has 6 heteroatoms. The molecule has 0 radical (unpaired) electrons. The normalized spacial score (nSPS) is 12.8. The van der Waals surface area contributed by atoms with Crippen LogP contribution in [-0.2, 0) is 14.3 Å². The summed E-state index contributed by atoms with van der Waals surface area (Å²) in [4.78, 5) is 22.6. The average Bonchev–Trinajstić information content (AvgIpc) is 2.46. The van der Waals surface area contributed by atoms with Crippen LogP contribution >= 0.6 is 0 Å². The Hall–Kier alpha value is -1.40. The molecule has 0 aromatic rings. The predicted molar refractivity (Wildman–Crippen MR) is 77.7 cm³/mol. The fourth-order valence-electron chi connectivity index (χ4n) is 1.84. The lowest BCUT2D eigenvalue weighted by Crippen LogP contribution is -2.30. The molecule has 0 aromatic heterocycles. The molecule has 6 nitrogen and oxygen atoms in total. The number of carboxylic acid groups (broad SMARTS) is 1. The van der Waals surface area contributed by atoms with Crippen molar-refractivity contribution in [1.82, 2.24) is 0 Å². The molecular weight excluding hydrogens is 276 g/mol. The van der Waals surface area contributed by atoms with Gasteiger partial charge in [0.2, 0.25) is 0 Å². The number of esters is 1. The maximum absolute atomic E-state index is 11.9. The Labute approximate surface area is 125 Å². The first kappa shape index (κ1) is 19.6. The second-order valence-electron chi connectivity index (χ2n) is 4.88. The molecule has 21 heavy (non-hydrogen) atoms. The summed E-state index contributed by atoms with van der Waals surface area (Å²) < 4.78 is 4.89. The third-order valence-electron chi connectivity index (χ3n) is 3.02. The number of carbonyl (C=O) groups is 2. The molecule has 0 heterocycles. The fraction of sp³-hybridized carbons (Fsp3) is 0.733. The number of aliphatic hydroxyl groups is 2. The number of carboxylic acids is 1. The summed E-state index contributed by atoms with van der Waals surface area (Å²) in [5, 5.41) is 26.6. The average molecular weight is 302 g/mol. The third kappa shape index (κ3) is 10.0. The first-order chi connectivity index (χ1) is 10.0. The largest absolute Gasteiger partial charge is 0.481 e. The quantitative estimate of drug-likeness (QED) is 0.287. The number of carbonyl (C=O) groups excluding carboxylic acids is 1. The fourth-order valence-corrected chi connectivity index (χ4v) is 1.84. The van der Waals surface area contributed by atoms with Crippen LogP contribution in [0.3, 0.4) is 0 Å².